The summed E-state index contributed by atoms with van der Waals surface area (Å²) in [4.78, 5) is 12.2. The van der Waals surface area contributed by atoms with Crippen molar-refractivity contribution in [1.82, 2.24) is 0 Å². The molecule has 0 fully saturated rings. The van der Waals surface area contributed by atoms with Crippen molar-refractivity contribution in [1.29, 1.82) is 0 Å². The summed E-state index contributed by atoms with van der Waals surface area (Å²) in [6.07, 6.45) is 2.98. The normalized spacial score (nSPS) is 11.4. The molecule has 0 aromatic heterocycles. The number of benzene rings is 3. The summed E-state index contributed by atoms with van der Waals surface area (Å²) in [7, 11) is -3.79. The van der Waals surface area contributed by atoms with Gasteiger partial charge in [-0.2, -0.15) is 0 Å². The minimum atomic E-state index is -3.79. The summed E-state index contributed by atoms with van der Waals surface area (Å²) in [6.45, 7) is 0. The number of hydrogen-bond donors (Lipinski definition) is 2. The van der Waals surface area contributed by atoms with Gasteiger partial charge in [-0.15, -0.1) is 0 Å². The Labute approximate surface area is 182 Å². The summed E-state index contributed by atoms with van der Waals surface area (Å²) in [5.74, 6) is -0.389. The summed E-state index contributed by atoms with van der Waals surface area (Å²) in [6, 6.07) is 19.9. The Bertz CT molecular complexity index is 1160. The number of anilines is 2. The maximum Gasteiger partial charge on any atom is 0.261 e. The van der Waals surface area contributed by atoms with E-state index < -0.39 is 10.0 Å². The second kappa shape index (κ2) is 9.26. The molecular weight excluding hydrogens is 476 g/mol. The van der Waals surface area contributed by atoms with Gasteiger partial charge in [0.2, 0.25) is 5.91 Å². The van der Waals surface area contributed by atoms with Gasteiger partial charge in [0.1, 0.15) is 0 Å². The van der Waals surface area contributed by atoms with Crippen molar-refractivity contribution in [2.24, 2.45) is 0 Å². The van der Waals surface area contributed by atoms with E-state index in [2.05, 4.69) is 26.0 Å². The van der Waals surface area contributed by atoms with Gasteiger partial charge in [0.05, 0.1) is 4.90 Å². The smallest absolute Gasteiger partial charge is 0.261 e. The lowest BCUT2D eigenvalue weighted by Gasteiger charge is -2.10. The Kier molecular flexibility index (Phi) is 6.74. The number of carbonyl (C=O) groups is 1. The van der Waals surface area contributed by atoms with Gasteiger partial charge in [-0.3, -0.25) is 9.52 Å². The largest absolute Gasteiger partial charge is 0.322 e. The number of rotatable bonds is 6. The maximum atomic E-state index is 12.6. The van der Waals surface area contributed by atoms with E-state index >= 15 is 0 Å². The first-order chi connectivity index (χ1) is 13.8. The zero-order valence-corrected chi connectivity index (χ0v) is 18.1. The van der Waals surface area contributed by atoms with Gasteiger partial charge >= 0.3 is 0 Å². The van der Waals surface area contributed by atoms with E-state index in [0.29, 0.717) is 16.4 Å². The highest BCUT2D eigenvalue weighted by molar-refractivity contribution is 9.10. The van der Waals surface area contributed by atoms with Crippen LogP contribution in [0.3, 0.4) is 0 Å². The quantitative estimate of drug-likeness (QED) is 0.444. The fourth-order valence-electron chi connectivity index (χ4n) is 2.44. The molecule has 0 saturated carbocycles. The fourth-order valence-corrected chi connectivity index (χ4v) is 4.01. The number of hydrogen-bond acceptors (Lipinski definition) is 3. The number of carbonyl (C=O) groups excluding carboxylic acids is 1. The van der Waals surface area contributed by atoms with Crippen molar-refractivity contribution < 1.29 is 13.2 Å². The number of sulfonamides is 1. The highest BCUT2D eigenvalue weighted by Gasteiger charge is 2.15. The van der Waals surface area contributed by atoms with Crippen LogP contribution in [0.5, 0.6) is 0 Å². The van der Waals surface area contributed by atoms with Crippen LogP contribution in [0.15, 0.2) is 88.2 Å². The molecule has 3 aromatic rings. The lowest BCUT2D eigenvalue weighted by Crippen LogP contribution is -2.14. The Morgan fingerprint density at radius 2 is 1.66 bits per heavy atom. The lowest BCUT2D eigenvalue weighted by atomic mass is 10.2. The first-order valence-electron chi connectivity index (χ1n) is 8.45. The Morgan fingerprint density at radius 3 is 2.38 bits per heavy atom. The highest BCUT2D eigenvalue weighted by atomic mass is 79.9. The Morgan fingerprint density at radius 1 is 0.931 bits per heavy atom. The van der Waals surface area contributed by atoms with E-state index in [9.17, 15) is 13.2 Å². The molecule has 0 bridgehead atoms. The minimum absolute atomic E-state index is 0.0389. The molecule has 0 aliphatic rings. The van der Waals surface area contributed by atoms with Crippen LogP contribution in [0, 0.1) is 0 Å². The highest BCUT2D eigenvalue weighted by Crippen LogP contribution is 2.21. The molecule has 5 nitrogen and oxygen atoms in total. The lowest BCUT2D eigenvalue weighted by molar-refractivity contribution is -0.111. The molecule has 0 unspecified atom stereocenters. The molecule has 0 spiro atoms. The monoisotopic (exact) mass is 490 g/mol. The van der Waals surface area contributed by atoms with Crippen molar-refractivity contribution in [3.05, 3.63) is 93.9 Å². The zero-order chi connectivity index (χ0) is 20.9. The molecule has 0 heterocycles. The van der Waals surface area contributed by atoms with Crippen molar-refractivity contribution in [2.75, 3.05) is 10.0 Å². The third-order valence-electron chi connectivity index (χ3n) is 3.78. The predicted octanol–water partition coefficient (Wildman–Crippen LogP) is 5.56. The van der Waals surface area contributed by atoms with Gasteiger partial charge < -0.3 is 5.32 Å². The Hall–Kier alpha value is -2.61. The van der Waals surface area contributed by atoms with E-state index in [1.807, 2.05) is 6.07 Å². The molecule has 0 radical (unpaired) electrons. The second-order valence-corrected chi connectivity index (χ2v) is 9.05. The van der Waals surface area contributed by atoms with Crippen molar-refractivity contribution in [3.63, 3.8) is 0 Å². The summed E-state index contributed by atoms with van der Waals surface area (Å²) in [5.41, 5.74) is 1.58. The van der Waals surface area contributed by atoms with Crippen molar-refractivity contribution in [2.45, 2.75) is 4.90 Å². The molecule has 3 rings (SSSR count). The average molecular weight is 492 g/mol. The molecular formula is C21H16BrClN2O3S. The topological polar surface area (TPSA) is 75.3 Å². The molecule has 1 amide bonds. The molecule has 8 heteroatoms. The number of halogens is 2. The van der Waals surface area contributed by atoms with Crippen molar-refractivity contribution in [3.8, 4) is 0 Å². The van der Waals surface area contributed by atoms with Gasteiger partial charge in [-0.1, -0.05) is 45.7 Å². The number of nitrogens with one attached hydrogen (secondary N) is 2. The zero-order valence-electron chi connectivity index (χ0n) is 15.0. The van der Waals surface area contributed by atoms with E-state index in [-0.39, 0.29) is 10.8 Å². The standard InChI is InChI=1S/C21H16BrClN2O3S/c22-16-8-10-18(11-9-16)25-29(27,28)20-6-2-5-19(14-20)24-21(26)12-7-15-3-1-4-17(23)13-15/h1-14,25H,(H,24,26)/b12-7+. The van der Waals surface area contributed by atoms with Crippen LogP contribution in [-0.2, 0) is 14.8 Å². The van der Waals surface area contributed by atoms with Crippen LogP contribution in [0.25, 0.3) is 6.08 Å². The molecule has 2 N–H and O–H groups in total. The van der Waals surface area contributed by atoms with Crippen molar-refractivity contribution >= 4 is 60.9 Å². The van der Waals surface area contributed by atoms with Crippen LogP contribution >= 0.6 is 27.5 Å². The summed E-state index contributed by atoms with van der Waals surface area (Å²) < 4.78 is 28.6. The van der Waals surface area contributed by atoms with Crippen LogP contribution in [0.4, 0.5) is 11.4 Å². The third-order valence-corrected chi connectivity index (χ3v) is 5.93. The second-order valence-electron chi connectivity index (χ2n) is 6.02. The van der Waals surface area contributed by atoms with Gasteiger partial charge in [0.15, 0.2) is 0 Å². The molecule has 148 valence electrons. The molecule has 0 atom stereocenters. The van der Waals surface area contributed by atoms with E-state index in [1.54, 1.807) is 60.7 Å². The molecule has 0 aliphatic carbocycles. The average Bonchev–Trinajstić information content (AvgIpc) is 2.68. The molecule has 0 saturated heterocycles. The third kappa shape index (κ3) is 6.19. The summed E-state index contributed by atoms with van der Waals surface area (Å²) >= 11 is 9.22. The SMILES string of the molecule is O=C(/C=C/c1cccc(Cl)c1)Nc1cccc(S(=O)(=O)Nc2ccc(Br)cc2)c1. The van der Waals surface area contributed by atoms with Crippen LogP contribution in [0.1, 0.15) is 5.56 Å². The van der Waals surface area contributed by atoms with E-state index in [4.69, 9.17) is 11.6 Å². The van der Waals surface area contributed by atoms with Gasteiger partial charge in [-0.25, -0.2) is 8.42 Å². The van der Waals surface area contributed by atoms with Gasteiger partial charge in [-0.05, 0) is 66.2 Å². The van der Waals surface area contributed by atoms with Crippen LogP contribution in [-0.4, -0.2) is 14.3 Å². The molecule has 0 aliphatic heterocycles. The Balaban J connectivity index is 1.71. The first kappa shape index (κ1) is 21.1. The molecule has 3 aromatic carbocycles. The molecule has 29 heavy (non-hydrogen) atoms. The maximum absolute atomic E-state index is 12.6. The predicted molar refractivity (Wildman–Crippen MR) is 121 cm³/mol. The fraction of sp³-hybridized carbons (Fsp3) is 0. The van der Waals surface area contributed by atoms with Gasteiger partial charge in [0, 0.05) is 26.9 Å². The van der Waals surface area contributed by atoms with Crippen LogP contribution < -0.4 is 10.0 Å². The minimum Gasteiger partial charge on any atom is -0.322 e. The summed E-state index contributed by atoms with van der Waals surface area (Å²) in [5, 5.41) is 3.23. The van der Waals surface area contributed by atoms with E-state index in [0.717, 1.165) is 10.0 Å². The van der Waals surface area contributed by atoms with E-state index in [1.165, 1.54) is 18.2 Å². The number of amides is 1. The van der Waals surface area contributed by atoms with Gasteiger partial charge in [0.25, 0.3) is 10.0 Å². The van der Waals surface area contributed by atoms with Crippen LogP contribution in [0.2, 0.25) is 5.02 Å². The first-order valence-corrected chi connectivity index (χ1v) is 11.1.